The van der Waals surface area contributed by atoms with Crippen molar-refractivity contribution in [1.82, 2.24) is 0 Å². The van der Waals surface area contributed by atoms with Crippen LogP contribution in [0.25, 0.3) is 16.2 Å². The van der Waals surface area contributed by atoms with Gasteiger partial charge in [0, 0.05) is 20.7 Å². The van der Waals surface area contributed by atoms with E-state index >= 15 is 0 Å². The van der Waals surface area contributed by atoms with Gasteiger partial charge in [-0.2, -0.15) is 18.4 Å². The Morgan fingerprint density at radius 3 is 2.59 bits per heavy atom. The molecule has 1 N–H and O–H groups in total. The number of alkyl halides is 3. The Morgan fingerprint density at radius 1 is 1.19 bits per heavy atom. The van der Waals surface area contributed by atoms with Gasteiger partial charge in [0.15, 0.2) is 0 Å². The van der Waals surface area contributed by atoms with Crippen molar-refractivity contribution in [2.24, 2.45) is 0 Å². The third-order valence-corrected chi connectivity index (χ3v) is 5.29. The highest BCUT2D eigenvalue weighted by Gasteiger charge is 2.30. The summed E-state index contributed by atoms with van der Waals surface area (Å²) in [4.78, 5) is 12.8. The largest absolute Gasteiger partial charge is 0.416 e. The van der Waals surface area contributed by atoms with E-state index in [1.807, 2.05) is 24.3 Å². The van der Waals surface area contributed by atoms with Crippen LogP contribution in [-0.2, 0) is 11.0 Å². The number of hydrogen-bond donors (Lipinski definition) is 1. The van der Waals surface area contributed by atoms with Gasteiger partial charge in [-0.3, -0.25) is 4.79 Å². The molecule has 3 rings (SSSR count). The van der Waals surface area contributed by atoms with Gasteiger partial charge in [-0.25, -0.2) is 0 Å². The number of halogens is 4. The molecular formula is C19H10ClF3N2OS. The van der Waals surface area contributed by atoms with Gasteiger partial charge in [-0.1, -0.05) is 35.9 Å². The van der Waals surface area contributed by atoms with Gasteiger partial charge < -0.3 is 5.32 Å². The third-order valence-electron chi connectivity index (χ3n) is 3.65. The fraction of sp³-hybridized carbons (Fsp3) is 0.0526. The van der Waals surface area contributed by atoms with Crippen LogP contribution >= 0.6 is 22.9 Å². The molecule has 0 unspecified atom stereocenters. The quantitative estimate of drug-likeness (QED) is 0.421. The van der Waals surface area contributed by atoms with Crippen LogP contribution in [0.3, 0.4) is 0 Å². The number of nitrogens with zero attached hydrogens (tertiary/aromatic N) is 1. The van der Waals surface area contributed by atoms with Crippen LogP contribution < -0.4 is 5.32 Å². The standard InChI is InChI=1S/C19H10ClF3N2OS/c20-17-14-6-1-2-7-15(14)27-16(17)8-11(10-24)18(26)25-13-5-3-4-12(9-13)19(21,22)23/h1-9H,(H,25,26)/b11-8+. The molecule has 0 radical (unpaired) electrons. The lowest BCUT2D eigenvalue weighted by Crippen LogP contribution is -2.14. The van der Waals surface area contributed by atoms with Crippen LogP contribution in [0.1, 0.15) is 10.4 Å². The van der Waals surface area contributed by atoms with E-state index in [-0.39, 0.29) is 11.3 Å². The van der Waals surface area contributed by atoms with Crippen LogP contribution in [0, 0.1) is 11.3 Å². The van der Waals surface area contributed by atoms with E-state index in [9.17, 15) is 23.2 Å². The minimum Gasteiger partial charge on any atom is -0.321 e. The highest BCUT2D eigenvalue weighted by Crippen LogP contribution is 2.36. The Bertz CT molecular complexity index is 1100. The van der Waals surface area contributed by atoms with E-state index < -0.39 is 17.6 Å². The summed E-state index contributed by atoms with van der Waals surface area (Å²) in [6, 6.07) is 13.3. The maximum absolute atomic E-state index is 12.8. The van der Waals surface area contributed by atoms with Gasteiger partial charge in [-0.15, -0.1) is 11.3 Å². The normalized spacial score (nSPS) is 12.0. The molecule has 0 atom stereocenters. The molecule has 27 heavy (non-hydrogen) atoms. The highest BCUT2D eigenvalue weighted by molar-refractivity contribution is 7.20. The summed E-state index contributed by atoms with van der Waals surface area (Å²) >= 11 is 7.60. The van der Waals surface area contributed by atoms with Gasteiger partial charge in [0.05, 0.1) is 10.6 Å². The molecule has 3 nitrogen and oxygen atoms in total. The average Bonchev–Trinajstić information content (AvgIpc) is 2.95. The lowest BCUT2D eigenvalue weighted by atomic mass is 10.1. The maximum Gasteiger partial charge on any atom is 0.416 e. The number of anilines is 1. The number of hydrogen-bond acceptors (Lipinski definition) is 3. The van der Waals surface area contributed by atoms with Gasteiger partial charge >= 0.3 is 6.18 Å². The topological polar surface area (TPSA) is 52.9 Å². The molecule has 3 aromatic rings. The van der Waals surface area contributed by atoms with Crippen LogP contribution in [0.2, 0.25) is 5.02 Å². The Kier molecular flexibility index (Phi) is 5.22. The summed E-state index contributed by atoms with van der Waals surface area (Å²) in [5.41, 5.74) is -1.21. The van der Waals surface area contributed by atoms with Crippen molar-refractivity contribution in [2.45, 2.75) is 6.18 Å². The van der Waals surface area contributed by atoms with E-state index in [1.165, 1.54) is 29.5 Å². The maximum atomic E-state index is 12.8. The fourth-order valence-electron chi connectivity index (χ4n) is 2.38. The van der Waals surface area contributed by atoms with Gasteiger partial charge in [0.2, 0.25) is 0 Å². The molecule has 0 aliphatic carbocycles. The number of nitriles is 1. The monoisotopic (exact) mass is 406 g/mol. The molecule has 136 valence electrons. The molecule has 0 saturated carbocycles. The summed E-state index contributed by atoms with van der Waals surface area (Å²) in [6.07, 6.45) is -3.20. The molecule has 0 bridgehead atoms. The number of benzene rings is 2. The molecule has 0 aliphatic heterocycles. The van der Waals surface area contributed by atoms with E-state index in [2.05, 4.69) is 5.32 Å². The second-order valence-electron chi connectivity index (χ2n) is 5.48. The molecule has 0 saturated heterocycles. The van der Waals surface area contributed by atoms with Crippen molar-refractivity contribution in [3.63, 3.8) is 0 Å². The molecular weight excluding hydrogens is 397 g/mol. The van der Waals surface area contributed by atoms with Gasteiger partial charge in [0.1, 0.15) is 11.6 Å². The van der Waals surface area contributed by atoms with Gasteiger partial charge in [0.25, 0.3) is 5.91 Å². The summed E-state index contributed by atoms with van der Waals surface area (Å²) in [5.74, 6) is -0.814. The summed E-state index contributed by atoms with van der Waals surface area (Å²) in [6.45, 7) is 0. The van der Waals surface area contributed by atoms with Crippen LogP contribution in [-0.4, -0.2) is 5.91 Å². The van der Waals surface area contributed by atoms with E-state index in [0.29, 0.717) is 9.90 Å². The first-order valence-electron chi connectivity index (χ1n) is 7.57. The lowest BCUT2D eigenvalue weighted by Gasteiger charge is -2.09. The third kappa shape index (κ3) is 4.13. The number of amides is 1. The first-order valence-corrected chi connectivity index (χ1v) is 8.76. The Hall–Kier alpha value is -2.82. The molecule has 1 amide bonds. The van der Waals surface area contributed by atoms with E-state index in [4.69, 9.17) is 11.6 Å². The fourth-order valence-corrected chi connectivity index (χ4v) is 3.81. The number of rotatable bonds is 3. The second kappa shape index (κ2) is 7.43. The van der Waals surface area contributed by atoms with E-state index in [1.54, 1.807) is 6.07 Å². The van der Waals surface area contributed by atoms with Crippen molar-refractivity contribution >= 4 is 50.7 Å². The first-order chi connectivity index (χ1) is 12.8. The average molecular weight is 407 g/mol. The molecule has 2 aromatic carbocycles. The Balaban J connectivity index is 1.89. The first kappa shape index (κ1) is 19.0. The molecule has 1 aromatic heterocycles. The zero-order valence-electron chi connectivity index (χ0n) is 13.5. The van der Waals surface area contributed by atoms with Crippen LogP contribution in [0.4, 0.5) is 18.9 Å². The number of thiophene rings is 1. The van der Waals surface area contributed by atoms with Crippen LogP contribution in [0.15, 0.2) is 54.1 Å². The number of carbonyl (C=O) groups excluding carboxylic acids is 1. The number of carbonyl (C=O) groups is 1. The minimum atomic E-state index is -4.53. The lowest BCUT2D eigenvalue weighted by molar-refractivity contribution is -0.137. The van der Waals surface area contributed by atoms with Crippen molar-refractivity contribution in [2.75, 3.05) is 5.32 Å². The molecule has 0 fully saturated rings. The van der Waals surface area contributed by atoms with Crippen molar-refractivity contribution < 1.29 is 18.0 Å². The number of fused-ring (bicyclic) bond motifs is 1. The molecule has 0 aliphatic rings. The van der Waals surface area contributed by atoms with Crippen molar-refractivity contribution in [3.8, 4) is 6.07 Å². The number of nitrogens with one attached hydrogen (secondary N) is 1. The summed E-state index contributed by atoms with van der Waals surface area (Å²) in [7, 11) is 0. The van der Waals surface area contributed by atoms with Crippen LogP contribution in [0.5, 0.6) is 0 Å². The SMILES string of the molecule is N#C/C(=C\c1sc2ccccc2c1Cl)C(=O)Nc1cccc(C(F)(F)F)c1. The highest BCUT2D eigenvalue weighted by atomic mass is 35.5. The molecule has 8 heteroatoms. The molecule has 1 heterocycles. The second-order valence-corrected chi connectivity index (χ2v) is 6.94. The van der Waals surface area contributed by atoms with Crippen molar-refractivity contribution in [3.05, 3.63) is 69.6 Å². The smallest absolute Gasteiger partial charge is 0.321 e. The summed E-state index contributed by atoms with van der Waals surface area (Å²) < 4.78 is 39.2. The van der Waals surface area contributed by atoms with E-state index in [0.717, 1.165) is 22.2 Å². The zero-order valence-corrected chi connectivity index (χ0v) is 15.0. The Labute approximate surface area is 161 Å². The predicted molar refractivity (Wildman–Crippen MR) is 100 cm³/mol. The Morgan fingerprint density at radius 2 is 1.93 bits per heavy atom. The summed E-state index contributed by atoms with van der Waals surface area (Å²) in [5, 5.41) is 12.8. The predicted octanol–water partition coefficient (Wildman–Crippen LogP) is 6.12. The van der Waals surface area contributed by atoms with Crippen molar-refractivity contribution in [1.29, 1.82) is 5.26 Å². The molecule has 0 spiro atoms. The zero-order chi connectivity index (χ0) is 19.6. The van der Waals surface area contributed by atoms with Gasteiger partial charge in [-0.05, 0) is 30.3 Å². The minimum absolute atomic E-state index is 0.0570.